The Bertz CT molecular complexity index is 721. The van der Waals surface area contributed by atoms with Gasteiger partial charge in [-0.1, -0.05) is 12.1 Å². The number of rotatable bonds is 8. The summed E-state index contributed by atoms with van der Waals surface area (Å²) >= 11 is 0. The number of benzene rings is 2. The zero-order valence-corrected chi connectivity index (χ0v) is 15.5. The van der Waals surface area contributed by atoms with Crippen LogP contribution in [0.15, 0.2) is 53.5 Å². The van der Waals surface area contributed by atoms with Crippen LogP contribution in [0.5, 0.6) is 5.75 Å². The van der Waals surface area contributed by atoms with E-state index in [9.17, 15) is 13.9 Å². The van der Waals surface area contributed by atoms with Crippen LogP contribution in [-0.2, 0) is 6.54 Å². The number of halogens is 2. The van der Waals surface area contributed by atoms with E-state index in [1.165, 1.54) is 36.4 Å². The smallest absolute Gasteiger partial charge is 0.194 e. The van der Waals surface area contributed by atoms with Gasteiger partial charge in [0.15, 0.2) is 5.96 Å². The normalized spacial score (nSPS) is 12.6. The summed E-state index contributed by atoms with van der Waals surface area (Å²) in [5.74, 6) is 0.501. The number of nitrogens with one attached hydrogen (secondary N) is 1. The number of guanidine groups is 1. The van der Waals surface area contributed by atoms with Crippen LogP contribution in [0.2, 0.25) is 0 Å². The first-order valence-corrected chi connectivity index (χ1v) is 8.78. The fourth-order valence-electron chi connectivity index (χ4n) is 2.38. The zero-order valence-electron chi connectivity index (χ0n) is 15.5. The summed E-state index contributed by atoms with van der Waals surface area (Å²) in [5, 5.41) is 13.2. The van der Waals surface area contributed by atoms with E-state index in [4.69, 9.17) is 4.74 Å². The van der Waals surface area contributed by atoms with Crippen molar-refractivity contribution in [2.24, 2.45) is 4.99 Å². The first kappa shape index (κ1) is 20.6. The van der Waals surface area contributed by atoms with Crippen molar-refractivity contribution in [2.45, 2.75) is 19.6 Å². The number of nitrogens with zero attached hydrogens (tertiary/aromatic N) is 2. The van der Waals surface area contributed by atoms with Crippen molar-refractivity contribution in [1.29, 1.82) is 0 Å². The highest BCUT2D eigenvalue weighted by atomic mass is 19.1. The predicted molar refractivity (Wildman–Crippen MR) is 102 cm³/mol. The van der Waals surface area contributed by atoms with Crippen molar-refractivity contribution in [3.05, 3.63) is 65.7 Å². The van der Waals surface area contributed by atoms with E-state index in [-0.39, 0.29) is 24.8 Å². The summed E-state index contributed by atoms with van der Waals surface area (Å²) in [4.78, 5) is 6.31. The predicted octanol–water partition coefficient (Wildman–Crippen LogP) is 2.80. The number of ether oxygens (including phenoxy) is 1. The maximum atomic E-state index is 13.0. The lowest BCUT2D eigenvalue weighted by molar-refractivity contribution is 0.114. The van der Waals surface area contributed by atoms with Crippen molar-refractivity contribution in [3.63, 3.8) is 0 Å². The molecule has 0 saturated heterocycles. The fraction of sp³-hybridized carbons (Fsp3) is 0.350. The number of hydrogen-bond donors (Lipinski definition) is 2. The van der Waals surface area contributed by atoms with Crippen LogP contribution in [0.4, 0.5) is 8.78 Å². The maximum Gasteiger partial charge on any atom is 0.194 e. The molecule has 5 nitrogen and oxygen atoms in total. The van der Waals surface area contributed by atoms with Crippen molar-refractivity contribution >= 4 is 5.96 Å². The summed E-state index contributed by atoms with van der Waals surface area (Å²) in [5.41, 5.74) is 0.949. The largest absolute Gasteiger partial charge is 0.491 e. The summed E-state index contributed by atoms with van der Waals surface area (Å²) in [6.45, 7) is 3.38. The first-order valence-electron chi connectivity index (χ1n) is 8.78. The molecule has 146 valence electrons. The number of aliphatic imine (C=N–C) groups is 1. The molecule has 2 N–H and O–H groups in total. The molecule has 2 rings (SSSR count). The Morgan fingerprint density at radius 2 is 1.70 bits per heavy atom. The van der Waals surface area contributed by atoms with Gasteiger partial charge in [-0.2, -0.15) is 0 Å². The summed E-state index contributed by atoms with van der Waals surface area (Å²) in [6.07, 6.45) is -0.803. The van der Waals surface area contributed by atoms with Gasteiger partial charge in [0, 0.05) is 20.1 Å². The van der Waals surface area contributed by atoms with Crippen LogP contribution in [-0.4, -0.2) is 48.8 Å². The monoisotopic (exact) mass is 377 g/mol. The van der Waals surface area contributed by atoms with E-state index < -0.39 is 6.10 Å². The summed E-state index contributed by atoms with van der Waals surface area (Å²) in [7, 11) is 1.87. The highest BCUT2D eigenvalue weighted by Gasteiger charge is 2.10. The lowest BCUT2D eigenvalue weighted by atomic mass is 10.2. The zero-order chi connectivity index (χ0) is 19.6. The second kappa shape index (κ2) is 10.5. The fourth-order valence-corrected chi connectivity index (χ4v) is 2.38. The average molecular weight is 377 g/mol. The molecule has 0 aromatic heterocycles. The molecule has 2 aromatic carbocycles. The molecule has 0 aliphatic rings. The third kappa shape index (κ3) is 7.22. The van der Waals surface area contributed by atoms with Crippen LogP contribution < -0.4 is 10.1 Å². The van der Waals surface area contributed by atoms with Gasteiger partial charge in [0.2, 0.25) is 0 Å². The lowest BCUT2D eigenvalue weighted by Gasteiger charge is -2.22. The van der Waals surface area contributed by atoms with Crippen molar-refractivity contribution < 1.29 is 18.6 Å². The summed E-state index contributed by atoms with van der Waals surface area (Å²) < 4.78 is 31.3. The Balaban J connectivity index is 1.88. The molecular formula is C20H25F2N3O2. The Hall–Kier alpha value is -2.67. The molecule has 0 radical (unpaired) electrons. The molecule has 0 fully saturated rings. The Labute approximate surface area is 158 Å². The molecule has 0 amide bonds. The maximum absolute atomic E-state index is 13.0. The van der Waals surface area contributed by atoms with Gasteiger partial charge >= 0.3 is 0 Å². The Morgan fingerprint density at radius 3 is 2.30 bits per heavy atom. The lowest BCUT2D eigenvalue weighted by Crippen LogP contribution is -2.39. The van der Waals surface area contributed by atoms with Crippen LogP contribution in [0.1, 0.15) is 12.5 Å². The van der Waals surface area contributed by atoms with Gasteiger partial charge in [-0.05, 0) is 48.9 Å². The second-order valence-corrected chi connectivity index (χ2v) is 6.10. The van der Waals surface area contributed by atoms with E-state index in [1.807, 2.05) is 18.9 Å². The van der Waals surface area contributed by atoms with E-state index in [0.29, 0.717) is 24.8 Å². The highest BCUT2D eigenvalue weighted by molar-refractivity contribution is 5.79. The second-order valence-electron chi connectivity index (χ2n) is 6.10. The number of aliphatic hydroxyl groups is 1. The molecule has 0 spiro atoms. The van der Waals surface area contributed by atoms with E-state index in [2.05, 4.69) is 10.3 Å². The van der Waals surface area contributed by atoms with Gasteiger partial charge < -0.3 is 20.1 Å². The minimum atomic E-state index is -0.803. The Kier molecular flexibility index (Phi) is 8.00. The minimum absolute atomic E-state index is 0.0518. The number of hydrogen-bond acceptors (Lipinski definition) is 3. The molecule has 27 heavy (non-hydrogen) atoms. The van der Waals surface area contributed by atoms with Crippen LogP contribution in [0.3, 0.4) is 0 Å². The standard InChI is InChI=1S/C20H25F2N3O2/c1-3-23-20(25(2)13-15-4-6-16(21)7-5-15)24-12-18(26)14-27-19-10-8-17(22)9-11-19/h4-11,18,26H,3,12-14H2,1-2H3,(H,23,24). The molecule has 0 heterocycles. The van der Waals surface area contributed by atoms with Crippen molar-refractivity contribution in [3.8, 4) is 5.75 Å². The van der Waals surface area contributed by atoms with Gasteiger partial charge in [-0.3, -0.25) is 4.99 Å². The molecule has 1 unspecified atom stereocenters. The van der Waals surface area contributed by atoms with E-state index in [1.54, 1.807) is 12.1 Å². The third-order valence-electron chi connectivity index (χ3n) is 3.74. The van der Waals surface area contributed by atoms with Gasteiger partial charge in [-0.25, -0.2) is 8.78 Å². The van der Waals surface area contributed by atoms with Crippen molar-refractivity contribution in [1.82, 2.24) is 10.2 Å². The van der Waals surface area contributed by atoms with E-state index >= 15 is 0 Å². The molecule has 0 saturated carbocycles. The van der Waals surface area contributed by atoms with Gasteiger partial charge in [0.1, 0.15) is 30.1 Å². The van der Waals surface area contributed by atoms with E-state index in [0.717, 1.165) is 5.56 Å². The molecule has 1 atom stereocenters. The number of aliphatic hydroxyl groups excluding tert-OH is 1. The Morgan fingerprint density at radius 1 is 1.11 bits per heavy atom. The van der Waals surface area contributed by atoms with Gasteiger partial charge in [0.05, 0.1) is 6.54 Å². The molecule has 0 aliphatic heterocycles. The molecule has 0 aliphatic carbocycles. The SMILES string of the molecule is CCNC(=NCC(O)COc1ccc(F)cc1)N(C)Cc1ccc(F)cc1. The average Bonchev–Trinajstić information content (AvgIpc) is 2.66. The molecular weight excluding hydrogens is 352 g/mol. The molecule has 0 bridgehead atoms. The van der Waals surface area contributed by atoms with Crippen LogP contribution in [0, 0.1) is 11.6 Å². The molecule has 7 heteroatoms. The third-order valence-corrected chi connectivity index (χ3v) is 3.74. The molecule has 2 aromatic rings. The highest BCUT2D eigenvalue weighted by Crippen LogP contribution is 2.11. The topological polar surface area (TPSA) is 57.1 Å². The minimum Gasteiger partial charge on any atom is -0.491 e. The van der Waals surface area contributed by atoms with Gasteiger partial charge in [0.25, 0.3) is 0 Å². The van der Waals surface area contributed by atoms with Crippen molar-refractivity contribution in [2.75, 3.05) is 26.7 Å². The van der Waals surface area contributed by atoms with Crippen LogP contribution in [0.25, 0.3) is 0 Å². The van der Waals surface area contributed by atoms with Gasteiger partial charge in [-0.15, -0.1) is 0 Å². The first-order chi connectivity index (χ1) is 13.0. The van der Waals surface area contributed by atoms with Crippen LogP contribution >= 0.6 is 0 Å². The summed E-state index contributed by atoms with van der Waals surface area (Å²) in [6, 6.07) is 11.9. The quantitative estimate of drug-likeness (QED) is 0.549.